The predicted molar refractivity (Wildman–Crippen MR) is 78.5 cm³/mol. The first-order valence-electron chi connectivity index (χ1n) is 7.32. The summed E-state index contributed by atoms with van der Waals surface area (Å²) >= 11 is 0. The zero-order valence-corrected chi connectivity index (χ0v) is 12.5. The molecular weight excluding hydrogens is 306 g/mol. The Balaban J connectivity index is 1.99. The first kappa shape index (κ1) is 15.9. The fourth-order valence-corrected chi connectivity index (χ4v) is 2.47. The normalized spacial score (nSPS) is 27.7. The molecular formula is C13H19N5O5. The highest BCUT2D eigenvalue weighted by molar-refractivity contribution is 5.82. The van der Waals surface area contributed by atoms with E-state index in [1.807, 2.05) is 6.92 Å². The molecule has 0 spiro atoms. The van der Waals surface area contributed by atoms with Gasteiger partial charge in [0.25, 0.3) is 0 Å². The lowest BCUT2D eigenvalue weighted by Crippen LogP contribution is -2.33. The molecule has 23 heavy (non-hydrogen) atoms. The Morgan fingerprint density at radius 2 is 2.13 bits per heavy atom. The minimum Gasteiger partial charge on any atom is -0.463 e. The fraction of sp³-hybridized carbons (Fsp3) is 0.615. The summed E-state index contributed by atoms with van der Waals surface area (Å²) in [5.41, 5.74) is 6.51. The van der Waals surface area contributed by atoms with E-state index in [9.17, 15) is 15.3 Å². The van der Waals surface area contributed by atoms with Gasteiger partial charge in [-0.25, -0.2) is 4.98 Å². The van der Waals surface area contributed by atoms with E-state index in [4.69, 9.17) is 15.2 Å². The number of hydrogen-bond donors (Lipinski definition) is 4. The Morgan fingerprint density at radius 1 is 1.35 bits per heavy atom. The van der Waals surface area contributed by atoms with Crippen molar-refractivity contribution in [2.45, 2.75) is 37.9 Å². The highest BCUT2D eigenvalue weighted by atomic mass is 16.6. The van der Waals surface area contributed by atoms with Crippen LogP contribution in [0.25, 0.3) is 11.2 Å². The molecule has 0 bridgehead atoms. The lowest BCUT2D eigenvalue weighted by molar-refractivity contribution is -0.0511. The van der Waals surface area contributed by atoms with Gasteiger partial charge in [-0.15, -0.1) is 0 Å². The maximum Gasteiger partial charge on any atom is 0.320 e. The van der Waals surface area contributed by atoms with Gasteiger partial charge in [-0.1, -0.05) is 6.92 Å². The van der Waals surface area contributed by atoms with Crippen LogP contribution in [0.3, 0.4) is 0 Å². The number of aliphatic hydroxyl groups excluding tert-OH is 3. The van der Waals surface area contributed by atoms with Crippen LogP contribution in [0.15, 0.2) is 6.33 Å². The van der Waals surface area contributed by atoms with E-state index in [0.717, 1.165) is 6.42 Å². The lowest BCUT2D eigenvalue weighted by Gasteiger charge is -2.16. The van der Waals surface area contributed by atoms with Crippen molar-refractivity contribution in [1.82, 2.24) is 19.5 Å². The molecule has 0 aromatic carbocycles. The van der Waals surface area contributed by atoms with Crippen molar-refractivity contribution >= 4 is 17.0 Å². The van der Waals surface area contributed by atoms with Crippen LogP contribution in [-0.2, 0) is 4.74 Å². The van der Waals surface area contributed by atoms with Crippen LogP contribution in [0.2, 0.25) is 0 Å². The van der Waals surface area contributed by atoms with Crippen LogP contribution >= 0.6 is 0 Å². The molecule has 2 aromatic heterocycles. The van der Waals surface area contributed by atoms with Gasteiger partial charge >= 0.3 is 6.01 Å². The smallest absolute Gasteiger partial charge is 0.320 e. The molecule has 0 radical (unpaired) electrons. The summed E-state index contributed by atoms with van der Waals surface area (Å²) in [7, 11) is 0. The van der Waals surface area contributed by atoms with E-state index in [1.165, 1.54) is 10.9 Å². The number of rotatable bonds is 5. The summed E-state index contributed by atoms with van der Waals surface area (Å²) < 4.78 is 12.3. The summed E-state index contributed by atoms with van der Waals surface area (Å²) in [6, 6.07) is 0.102. The molecule has 3 heterocycles. The zero-order chi connectivity index (χ0) is 16.6. The number of imidazole rings is 1. The first-order chi connectivity index (χ1) is 11.1. The molecule has 1 saturated heterocycles. The van der Waals surface area contributed by atoms with Gasteiger partial charge in [0.05, 0.1) is 19.5 Å². The SMILES string of the molecule is CCCOc1nc(N)c2ncn([C@@H]3O[C@H](CO)[C@@H](O)[C@H]3O)c2n1. The van der Waals surface area contributed by atoms with Gasteiger partial charge in [0.1, 0.15) is 18.3 Å². The number of hydrogen-bond acceptors (Lipinski definition) is 9. The molecule has 2 aromatic rings. The average Bonchev–Trinajstić information content (AvgIpc) is 3.08. The second-order valence-corrected chi connectivity index (χ2v) is 5.29. The average molecular weight is 325 g/mol. The third-order valence-electron chi connectivity index (χ3n) is 3.65. The molecule has 1 fully saturated rings. The monoisotopic (exact) mass is 325 g/mol. The third kappa shape index (κ3) is 2.70. The number of ether oxygens (including phenoxy) is 2. The fourth-order valence-electron chi connectivity index (χ4n) is 2.47. The van der Waals surface area contributed by atoms with E-state index < -0.39 is 31.1 Å². The van der Waals surface area contributed by atoms with E-state index in [1.54, 1.807) is 0 Å². The summed E-state index contributed by atoms with van der Waals surface area (Å²) in [6.07, 6.45) is -2.10. The zero-order valence-electron chi connectivity index (χ0n) is 12.5. The summed E-state index contributed by atoms with van der Waals surface area (Å²) in [4.78, 5) is 12.4. The number of nitrogen functional groups attached to an aromatic ring is 1. The first-order valence-corrected chi connectivity index (χ1v) is 7.32. The van der Waals surface area contributed by atoms with E-state index in [0.29, 0.717) is 17.8 Å². The van der Waals surface area contributed by atoms with Crippen molar-refractivity contribution in [3.63, 3.8) is 0 Å². The Morgan fingerprint density at radius 3 is 2.78 bits per heavy atom. The largest absolute Gasteiger partial charge is 0.463 e. The molecule has 4 atom stereocenters. The Kier molecular flexibility index (Phi) is 4.31. The van der Waals surface area contributed by atoms with Gasteiger partial charge in [0, 0.05) is 0 Å². The van der Waals surface area contributed by atoms with Crippen molar-refractivity contribution in [3.8, 4) is 6.01 Å². The van der Waals surface area contributed by atoms with Crippen LogP contribution in [0.4, 0.5) is 5.82 Å². The minimum absolute atomic E-state index is 0.102. The van der Waals surface area contributed by atoms with Crippen molar-refractivity contribution in [2.75, 3.05) is 18.9 Å². The van der Waals surface area contributed by atoms with E-state index >= 15 is 0 Å². The summed E-state index contributed by atoms with van der Waals surface area (Å²) in [6.45, 7) is 1.97. The molecule has 0 unspecified atom stereocenters. The van der Waals surface area contributed by atoms with Crippen LogP contribution < -0.4 is 10.5 Å². The maximum absolute atomic E-state index is 10.1. The molecule has 126 valence electrons. The number of nitrogens with zero attached hydrogens (tertiary/aromatic N) is 4. The highest BCUT2D eigenvalue weighted by Crippen LogP contribution is 2.32. The van der Waals surface area contributed by atoms with Gasteiger partial charge in [-0.3, -0.25) is 4.57 Å². The molecule has 1 aliphatic heterocycles. The van der Waals surface area contributed by atoms with Gasteiger partial charge in [-0.05, 0) is 6.42 Å². The molecule has 10 heteroatoms. The maximum atomic E-state index is 10.1. The second-order valence-electron chi connectivity index (χ2n) is 5.29. The number of anilines is 1. The quantitative estimate of drug-likeness (QED) is 0.532. The van der Waals surface area contributed by atoms with Crippen molar-refractivity contribution in [1.29, 1.82) is 0 Å². The molecule has 10 nitrogen and oxygen atoms in total. The Hall–Kier alpha value is -2.01. The Bertz CT molecular complexity index is 693. The predicted octanol–water partition coefficient (Wildman–Crippen LogP) is -1.19. The van der Waals surface area contributed by atoms with Crippen LogP contribution in [0, 0.1) is 0 Å². The molecule has 5 N–H and O–H groups in total. The molecule has 0 aliphatic carbocycles. The number of aliphatic hydroxyl groups is 3. The summed E-state index contributed by atoms with van der Waals surface area (Å²) in [5, 5.41) is 29.2. The summed E-state index contributed by atoms with van der Waals surface area (Å²) in [5.74, 6) is 0.145. The van der Waals surface area contributed by atoms with Gasteiger partial charge < -0.3 is 30.5 Å². The van der Waals surface area contributed by atoms with Gasteiger partial charge in [0.15, 0.2) is 23.2 Å². The Labute approximate surface area is 131 Å². The number of aromatic nitrogens is 4. The molecule has 3 rings (SSSR count). The van der Waals surface area contributed by atoms with Crippen molar-refractivity contribution in [2.24, 2.45) is 0 Å². The van der Waals surface area contributed by atoms with Gasteiger partial charge in [0.2, 0.25) is 0 Å². The minimum atomic E-state index is -1.24. The van der Waals surface area contributed by atoms with E-state index in [-0.39, 0.29) is 11.8 Å². The topological polar surface area (TPSA) is 149 Å². The highest BCUT2D eigenvalue weighted by Gasteiger charge is 2.44. The van der Waals surface area contributed by atoms with Crippen LogP contribution in [0.5, 0.6) is 6.01 Å². The molecule has 0 amide bonds. The molecule has 1 aliphatic rings. The van der Waals surface area contributed by atoms with E-state index in [2.05, 4.69) is 15.0 Å². The van der Waals surface area contributed by atoms with Crippen molar-refractivity contribution in [3.05, 3.63) is 6.33 Å². The third-order valence-corrected chi connectivity index (χ3v) is 3.65. The van der Waals surface area contributed by atoms with Crippen molar-refractivity contribution < 1.29 is 24.8 Å². The number of fused-ring (bicyclic) bond motifs is 1. The molecule has 0 saturated carbocycles. The van der Waals surface area contributed by atoms with Crippen LogP contribution in [-0.4, -0.2) is 66.4 Å². The van der Waals surface area contributed by atoms with Gasteiger partial charge in [-0.2, -0.15) is 9.97 Å². The standard InChI is InChI=1S/C13H19N5O5/c1-2-3-22-13-16-10(14)7-11(17-13)18(5-15-7)12-9(21)8(20)6(4-19)23-12/h5-6,8-9,12,19-21H,2-4H2,1H3,(H2,14,16,17)/t6-,8-,9-,12-/m1/s1. The number of nitrogens with two attached hydrogens (primary N) is 1. The second kappa shape index (κ2) is 6.24. The van der Waals surface area contributed by atoms with Crippen LogP contribution in [0.1, 0.15) is 19.6 Å². The lowest BCUT2D eigenvalue weighted by atomic mass is 10.1.